The van der Waals surface area contributed by atoms with Crippen molar-refractivity contribution in [2.45, 2.75) is 0 Å². The number of ketones is 1. The van der Waals surface area contributed by atoms with Crippen molar-refractivity contribution < 1.29 is 18.7 Å². The van der Waals surface area contributed by atoms with E-state index in [-0.39, 0.29) is 18.1 Å². The van der Waals surface area contributed by atoms with E-state index in [9.17, 15) is 9.18 Å². The van der Waals surface area contributed by atoms with Crippen LogP contribution >= 0.6 is 0 Å². The van der Waals surface area contributed by atoms with Gasteiger partial charge in [0.15, 0.2) is 18.2 Å². The molecule has 1 aliphatic heterocycles. The van der Waals surface area contributed by atoms with Gasteiger partial charge in [-0.15, -0.1) is 0 Å². The van der Waals surface area contributed by atoms with Crippen molar-refractivity contribution in [3.05, 3.63) is 23.5 Å². The summed E-state index contributed by atoms with van der Waals surface area (Å²) in [5.74, 6) is -0.301. The van der Waals surface area contributed by atoms with Gasteiger partial charge < -0.3 is 9.47 Å². The molecule has 0 fully saturated rings. The highest BCUT2D eigenvalue weighted by atomic mass is 19.1. The Morgan fingerprint density at radius 1 is 1.54 bits per heavy atom. The van der Waals surface area contributed by atoms with Crippen LogP contribution in [-0.2, 0) is 0 Å². The van der Waals surface area contributed by atoms with Crippen LogP contribution in [0.15, 0.2) is 12.1 Å². The third-order valence-electron chi connectivity index (χ3n) is 1.91. The van der Waals surface area contributed by atoms with Gasteiger partial charge in [-0.1, -0.05) is 0 Å². The van der Waals surface area contributed by atoms with Gasteiger partial charge in [-0.25, -0.2) is 4.39 Å². The van der Waals surface area contributed by atoms with Gasteiger partial charge in [-0.3, -0.25) is 4.79 Å². The lowest BCUT2D eigenvalue weighted by molar-refractivity contribution is 0.0961. The molecule has 1 aromatic rings. The molecule has 3 nitrogen and oxygen atoms in total. The molecule has 0 saturated carbocycles. The molecule has 0 spiro atoms. The highest BCUT2D eigenvalue weighted by molar-refractivity contribution is 6.02. The molecule has 1 heterocycles. The fourth-order valence-electron chi connectivity index (χ4n) is 1.25. The summed E-state index contributed by atoms with van der Waals surface area (Å²) in [6, 6.07) is 2.53. The average molecular weight is 182 g/mol. The van der Waals surface area contributed by atoms with Gasteiger partial charge in [0.1, 0.15) is 5.75 Å². The number of benzene rings is 1. The summed E-state index contributed by atoms with van der Waals surface area (Å²) in [5, 5.41) is 0. The molecule has 0 aliphatic carbocycles. The smallest absolute Gasteiger partial charge is 0.204 e. The Morgan fingerprint density at radius 2 is 2.31 bits per heavy atom. The molecule has 13 heavy (non-hydrogen) atoms. The first-order valence-electron chi connectivity index (χ1n) is 3.76. The molecule has 0 aromatic heterocycles. The first kappa shape index (κ1) is 8.04. The van der Waals surface area contributed by atoms with E-state index in [0.29, 0.717) is 11.3 Å². The Balaban J connectivity index is 2.57. The molecule has 0 N–H and O–H groups in total. The van der Waals surface area contributed by atoms with E-state index in [1.54, 1.807) is 0 Å². The zero-order valence-electron chi connectivity index (χ0n) is 6.96. The number of ether oxygens (including phenoxy) is 2. The van der Waals surface area contributed by atoms with Crippen LogP contribution in [-0.4, -0.2) is 19.5 Å². The summed E-state index contributed by atoms with van der Waals surface area (Å²) in [5.41, 5.74) is 0.387. The second-order valence-corrected chi connectivity index (χ2v) is 2.69. The molecule has 0 bridgehead atoms. The van der Waals surface area contributed by atoms with Crippen molar-refractivity contribution >= 4 is 5.78 Å². The van der Waals surface area contributed by atoms with Crippen LogP contribution in [0.1, 0.15) is 10.4 Å². The quantitative estimate of drug-likeness (QED) is 0.658. The lowest BCUT2D eigenvalue weighted by Gasteiger charge is -2.03. The maximum Gasteiger partial charge on any atom is 0.204 e. The number of halogens is 1. The summed E-state index contributed by atoms with van der Waals surface area (Å²) in [6.07, 6.45) is 0. The maximum atomic E-state index is 13.1. The van der Waals surface area contributed by atoms with Crippen LogP contribution in [0.5, 0.6) is 11.5 Å². The molecule has 4 heteroatoms. The summed E-state index contributed by atoms with van der Waals surface area (Å²) >= 11 is 0. The Morgan fingerprint density at radius 3 is 3.00 bits per heavy atom. The average Bonchev–Trinajstić information content (AvgIpc) is 2.46. The fourth-order valence-corrected chi connectivity index (χ4v) is 1.25. The third kappa shape index (κ3) is 1.14. The molecule has 1 aromatic carbocycles. The second-order valence-electron chi connectivity index (χ2n) is 2.69. The predicted octanol–water partition coefficient (Wildman–Crippen LogP) is 1.41. The van der Waals surface area contributed by atoms with Crippen molar-refractivity contribution in [2.75, 3.05) is 13.7 Å². The van der Waals surface area contributed by atoms with Crippen LogP contribution in [0.2, 0.25) is 0 Å². The number of carbonyl (C=O) groups excluding carboxylic acids is 1. The predicted molar refractivity (Wildman–Crippen MR) is 42.8 cm³/mol. The van der Waals surface area contributed by atoms with Gasteiger partial charge in [0.2, 0.25) is 5.78 Å². The van der Waals surface area contributed by atoms with Gasteiger partial charge >= 0.3 is 0 Å². The highest BCUT2D eigenvalue weighted by Gasteiger charge is 2.23. The summed E-state index contributed by atoms with van der Waals surface area (Å²) in [6.45, 7) is -0.0120. The standard InChI is InChI=1S/C9H7FO3/c1-12-9-2-5-7(11)4-13-8(5)3-6(9)10/h2-3H,4H2,1H3. The Labute approximate surface area is 74.1 Å². The van der Waals surface area contributed by atoms with E-state index in [0.717, 1.165) is 0 Å². The zero-order valence-corrected chi connectivity index (χ0v) is 6.96. The zero-order chi connectivity index (χ0) is 9.42. The number of fused-ring (bicyclic) bond motifs is 1. The van der Waals surface area contributed by atoms with Crippen molar-refractivity contribution in [1.82, 2.24) is 0 Å². The number of carbonyl (C=O) groups is 1. The topological polar surface area (TPSA) is 35.5 Å². The first-order chi connectivity index (χ1) is 6.22. The summed E-state index contributed by atoms with van der Waals surface area (Å²) < 4.78 is 22.7. The minimum absolute atomic E-state index is 0.0120. The normalized spacial score (nSPS) is 13.8. The van der Waals surface area contributed by atoms with E-state index < -0.39 is 5.82 Å². The van der Waals surface area contributed by atoms with E-state index in [1.807, 2.05) is 0 Å². The molecule has 0 saturated heterocycles. The van der Waals surface area contributed by atoms with Gasteiger partial charge in [-0.05, 0) is 6.07 Å². The minimum Gasteiger partial charge on any atom is -0.494 e. The summed E-state index contributed by atoms with van der Waals surface area (Å²) in [4.78, 5) is 11.1. The number of methoxy groups -OCH3 is 1. The monoisotopic (exact) mass is 182 g/mol. The molecule has 0 amide bonds. The molecular formula is C9H7FO3. The van der Waals surface area contributed by atoms with E-state index in [1.165, 1.54) is 19.2 Å². The maximum absolute atomic E-state index is 13.1. The van der Waals surface area contributed by atoms with Crippen molar-refractivity contribution in [2.24, 2.45) is 0 Å². The van der Waals surface area contributed by atoms with Crippen LogP contribution in [0, 0.1) is 5.82 Å². The second kappa shape index (κ2) is 2.73. The number of Topliss-reactive ketones (excluding diaryl/α,β-unsaturated/α-hetero) is 1. The lowest BCUT2D eigenvalue weighted by Crippen LogP contribution is -1.99. The van der Waals surface area contributed by atoms with Crippen LogP contribution in [0.4, 0.5) is 4.39 Å². The molecular weight excluding hydrogens is 175 g/mol. The highest BCUT2D eigenvalue weighted by Crippen LogP contribution is 2.31. The van der Waals surface area contributed by atoms with E-state index >= 15 is 0 Å². The lowest BCUT2D eigenvalue weighted by atomic mass is 10.1. The number of hydrogen-bond donors (Lipinski definition) is 0. The molecule has 0 radical (unpaired) electrons. The molecule has 1 aliphatic rings. The Bertz CT molecular complexity index is 373. The third-order valence-corrected chi connectivity index (χ3v) is 1.91. The Kier molecular flexibility index (Phi) is 1.69. The number of hydrogen-bond acceptors (Lipinski definition) is 3. The largest absolute Gasteiger partial charge is 0.494 e. The van der Waals surface area contributed by atoms with Crippen LogP contribution in [0.3, 0.4) is 0 Å². The van der Waals surface area contributed by atoms with Crippen LogP contribution in [0.25, 0.3) is 0 Å². The molecule has 0 atom stereocenters. The van der Waals surface area contributed by atoms with Crippen molar-refractivity contribution in [3.63, 3.8) is 0 Å². The van der Waals surface area contributed by atoms with Gasteiger partial charge in [0.25, 0.3) is 0 Å². The Hall–Kier alpha value is -1.58. The van der Waals surface area contributed by atoms with Crippen molar-refractivity contribution in [3.8, 4) is 11.5 Å². The number of rotatable bonds is 1. The first-order valence-corrected chi connectivity index (χ1v) is 3.76. The van der Waals surface area contributed by atoms with Gasteiger partial charge in [0.05, 0.1) is 12.7 Å². The fraction of sp³-hybridized carbons (Fsp3) is 0.222. The van der Waals surface area contributed by atoms with E-state index in [4.69, 9.17) is 9.47 Å². The van der Waals surface area contributed by atoms with Crippen LogP contribution < -0.4 is 9.47 Å². The molecule has 68 valence electrons. The molecule has 0 unspecified atom stereocenters. The SMILES string of the molecule is COc1cc2c(cc1F)OCC2=O. The summed E-state index contributed by atoms with van der Waals surface area (Å²) in [7, 11) is 1.35. The minimum atomic E-state index is -0.518. The van der Waals surface area contributed by atoms with E-state index in [2.05, 4.69) is 0 Å². The van der Waals surface area contributed by atoms with Gasteiger partial charge in [-0.2, -0.15) is 0 Å². The van der Waals surface area contributed by atoms with Gasteiger partial charge in [0, 0.05) is 6.07 Å². The van der Waals surface area contributed by atoms with Crippen molar-refractivity contribution in [1.29, 1.82) is 0 Å². The molecule has 2 rings (SSSR count).